The minimum absolute atomic E-state index is 0.222. The molecule has 5 heteroatoms. The van der Waals surface area contributed by atoms with Crippen LogP contribution in [0.2, 0.25) is 0 Å². The molecule has 0 unspecified atom stereocenters. The summed E-state index contributed by atoms with van der Waals surface area (Å²) in [5.74, 6) is 0. The van der Waals surface area contributed by atoms with Crippen molar-refractivity contribution >= 4 is 27.1 Å². The van der Waals surface area contributed by atoms with Crippen LogP contribution in [0.3, 0.4) is 0 Å². The fourth-order valence-electron chi connectivity index (χ4n) is 1.90. The molecule has 2 rings (SSSR count). The largest absolute Gasteiger partial charge is 0.362 e. The zero-order chi connectivity index (χ0) is 14.6. The van der Waals surface area contributed by atoms with E-state index in [2.05, 4.69) is 4.40 Å². The third-order valence-electron chi connectivity index (χ3n) is 3.18. The van der Waals surface area contributed by atoms with Gasteiger partial charge in [-0.15, -0.1) is 4.40 Å². The summed E-state index contributed by atoms with van der Waals surface area (Å²) < 4.78 is 28.1. The van der Waals surface area contributed by atoms with Crippen molar-refractivity contribution in [1.29, 1.82) is 0 Å². The van der Waals surface area contributed by atoms with Crippen molar-refractivity contribution in [1.82, 2.24) is 4.90 Å². The summed E-state index contributed by atoms with van der Waals surface area (Å²) in [6.45, 7) is 5.37. The van der Waals surface area contributed by atoms with E-state index >= 15 is 0 Å². The van der Waals surface area contributed by atoms with Crippen LogP contribution >= 0.6 is 0 Å². The highest BCUT2D eigenvalue weighted by atomic mass is 32.2. The molecule has 2 aromatic rings. The quantitative estimate of drug-likeness (QED) is 0.628. The highest BCUT2D eigenvalue weighted by Crippen LogP contribution is 2.20. The van der Waals surface area contributed by atoms with E-state index in [-0.39, 0.29) is 4.90 Å². The Bertz CT molecular complexity index is 719. The molecule has 0 N–H and O–H groups in total. The average molecular weight is 290 g/mol. The van der Waals surface area contributed by atoms with E-state index in [1.54, 1.807) is 18.2 Å². The molecule has 0 aliphatic carbocycles. The third kappa shape index (κ3) is 3.17. The van der Waals surface area contributed by atoms with Gasteiger partial charge >= 0.3 is 0 Å². The summed E-state index contributed by atoms with van der Waals surface area (Å²) in [5, 5.41) is 1.91. The molecule has 0 saturated heterocycles. The van der Waals surface area contributed by atoms with E-state index in [0.717, 1.165) is 23.9 Å². The van der Waals surface area contributed by atoms with Gasteiger partial charge in [0.15, 0.2) is 0 Å². The third-order valence-corrected chi connectivity index (χ3v) is 4.40. The summed E-state index contributed by atoms with van der Waals surface area (Å²) in [4.78, 5) is 2.05. The summed E-state index contributed by atoms with van der Waals surface area (Å²) in [6, 6.07) is 12.7. The van der Waals surface area contributed by atoms with E-state index in [0.29, 0.717) is 0 Å². The number of nitrogens with zero attached hydrogens (tertiary/aromatic N) is 2. The normalized spacial score (nSPS) is 12.1. The average Bonchev–Trinajstić information content (AvgIpc) is 2.47. The lowest BCUT2D eigenvalue weighted by molar-refractivity contribution is 0.480. The van der Waals surface area contributed by atoms with Crippen molar-refractivity contribution < 1.29 is 8.42 Å². The number of benzene rings is 2. The van der Waals surface area contributed by atoms with Crippen molar-refractivity contribution in [2.24, 2.45) is 4.40 Å². The second-order valence-electron chi connectivity index (χ2n) is 4.43. The molecule has 0 radical (unpaired) electrons. The SMILES string of the molecule is CCN(/C=N/S(=O)(=O)c1ccc2ccccc2c1)CC. The Balaban J connectivity index is 2.36. The van der Waals surface area contributed by atoms with Gasteiger partial charge in [0.1, 0.15) is 6.34 Å². The smallest absolute Gasteiger partial charge is 0.283 e. The first kappa shape index (κ1) is 14.5. The molecule has 0 saturated carbocycles. The monoisotopic (exact) mass is 290 g/mol. The standard InChI is InChI=1S/C15H18N2O2S/c1-3-17(4-2)12-16-20(18,19)15-10-9-13-7-5-6-8-14(13)11-15/h5-12H,3-4H2,1-2H3/b16-12+. The minimum Gasteiger partial charge on any atom is -0.362 e. The molecule has 4 nitrogen and oxygen atoms in total. The molecule has 0 amide bonds. The molecule has 2 aromatic carbocycles. The number of rotatable bonds is 5. The second-order valence-corrected chi connectivity index (χ2v) is 6.06. The molecule has 0 aliphatic rings. The lowest BCUT2D eigenvalue weighted by Gasteiger charge is -2.13. The number of fused-ring (bicyclic) bond motifs is 1. The van der Waals surface area contributed by atoms with Crippen LogP contribution in [0, 0.1) is 0 Å². The van der Waals surface area contributed by atoms with E-state index in [9.17, 15) is 8.42 Å². The molecule has 0 aliphatic heterocycles. The Hall–Kier alpha value is -1.88. The molecular weight excluding hydrogens is 272 g/mol. The van der Waals surface area contributed by atoms with Gasteiger partial charge in [-0.05, 0) is 36.8 Å². The molecule has 0 bridgehead atoms. The van der Waals surface area contributed by atoms with Gasteiger partial charge in [-0.3, -0.25) is 0 Å². The minimum atomic E-state index is -3.64. The maximum absolute atomic E-state index is 12.2. The second kappa shape index (κ2) is 6.05. The predicted molar refractivity (Wildman–Crippen MR) is 82.5 cm³/mol. The van der Waals surface area contributed by atoms with Gasteiger partial charge in [-0.1, -0.05) is 30.3 Å². The molecular formula is C15H18N2O2S. The predicted octanol–water partition coefficient (Wildman–Crippen LogP) is 2.90. The topological polar surface area (TPSA) is 49.7 Å². The number of hydrogen-bond donors (Lipinski definition) is 0. The Morgan fingerprint density at radius 1 is 1.05 bits per heavy atom. The molecule has 0 atom stereocenters. The first-order valence-electron chi connectivity index (χ1n) is 6.60. The van der Waals surface area contributed by atoms with Gasteiger partial charge in [-0.2, -0.15) is 8.42 Å². The van der Waals surface area contributed by atoms with Crippen LogP contribution in [0.4, 0.5) is 0 Å². The Labute approximate surface area is 119 Å². The Kier molecular flexibility index (Phi) is 4.39. The Morgan fingerprint density at radius 3 is 2.35 bits per heavy atom. The first-order valence-corrected chi connectivity index (χ1v) is 8.04. The maximum Gasteiger partial charge on any atom is 0.283 e. The summed E-state index contributed by atoms with van der Waals surface area (Å²) in [5.41, 5.74) is 0. The van der Waals surface area contributed by atoms with Gasteiger partial charge < -0.3 is 4.90 Å². The molecule has 0 aromatic heterocycles. The van der Waals surface area contributed by atoms with Crippen LogP contribution in [0.1, 0.15) is 13.8 Å². The lowest BCUT2D eigenvalue weighted by atomic mass is 10.1. The lowest BCUT2D eigenvalue weighted by Crippen LogP contribution is -2.21. The molecule has 0 heterocycles. The summed E-state index contributed by atoms with van der Waals surface area (Å²) in [6.07, 6.45) is 1.39. The summed E-state index contributed by atoms with van der Waals surface area (Å²) in [7, 11) is -3.64. The molecule has 106 valence electrons. The maximum atomic E-state index is 12.2. The van der Waals surface area contributed by atoms with Crippen molar-refractivity contribution in [3.05, 3.63) is 42.5 Å². The van der Waals surface area contributed by atoms with Crippen molar-refractivity contribution in [3.63, 3.8) is 0 Å². The van der Waals surface area contributed by atoms with Crippen LogP contribution in [0.5, 0.6) is 0 Å². The number of sulfonamides is 1. The van der Waals surface area contributed by atoms with Crippen LogP contribution in [0.15, 0.2) is 51.8 Å². The molecule has 0 spiro atoms. The van der Waals surface area contributed by atoms with Crippen molar-refractivity contribution in [2.75, 3.05) is 13.1 Å². The number of hydrogen-bond acceptors (Lipinski definition) is 2. The van der Waals surface area contributed by atoms with E-state index in [1.807, 2.05) is 43.0 Å². The first-order chi connectivity index (χ1) is 9.56. The van der Waals surface area contributed by atoms with Crippen LogP contribution in [0.25, 0.3) is 10.8 Å². The van der Waals surface area contributed by atoms with E-state index < -0.39 is 10.0 Å². The fourth-order valence-corrected chi connectivity index (χ4v) is 2.80. The highest BCUT2D eigenvalue weighted by molar-refractivity contribution is 7.90. The van der Waals surface area contributed by atoms with Gasteiger partial charge in [0.05, 0.1) is 4.90 Å². The van der Waals surface area contributed by atoms with E-state index in [1.165, 1.54) is 6.34 Å². The molecule has 0 fully saturated rings. The zero-order valence-corrected chi connectivity index (χ0v) is 12.5. The zero-order valence-electron chi connectivity index (χ0n) is 11.7. The van der Waals surface area contributed by atoms with Crippen LogP contribution in [-0.4, -0.2) is 32.7 Å². The van der Waals surface area contributed by atoms with Gasteiger partial charge in [0.2, 0.25) is 0 Å². The van der Waals surface area contributed by atoms with Gasteiger partial charge in [0, 0.05) is 13.1 Å². The van der Waals surface area contributed by atoms with E-state index in [4.69, 9.17) is 0 Å². The van der Waals surface area contributed by atoms with Crippen molar-refractivity contribution in [2.45, 2.75) is 18.7 Å². The molecule has 20 heavy (non-hydrogen) atoms. The fraction of sp³-hybridized carbons (Fsp3) is 0.267. The van der Waals surface area contributed by atoms with Gasteiger partial charge in [0.25, 0.3) is 10.0 Å². The van der Waals surface area contributed by atoms with Crippen LogP contribution < -0.4 is 0 Å². The highest BCUT2D eigenvalue weighted by Gasteiger charge is 2.12. The van der Waals surface area contributed by atoms with Crippen molar-refractivity contribution in [3.8, 4) is 0 Å². The van der Waals surface area contributed by atoms with Crippen LogP contribution in [-0.2, 0) is 10.0 Å². The summed E-state index contributed by atoms with van der Waals surface area (Å²) >= 11 is 0. The Morgan fingerprint density at radius 2 is 1.70 bits per heavy atom. The van der Waals surface area contributed by atoms with Gasteiger partial charge in [-0.25, -0.2) is 0 Å².